The molecule has 0 aliphatic carbocycles. The maximum atomic E-state index is 10.5. The average molecular weight is 210 g/mol. The molecule has 0 radical (unpaired) electrons. The highest BCUT2D eigenvalue weighted by Gasteiger charge is 2.24. The number of rotatable bonds is 3. The van der Waals surface area contributed by atoms with Crippen molar-refractivity contribution in [2.24, 2.45) is 0 Å². The van der Waals surface area contributed by atoms with E-state index < -0.39 is 0 Å². The van der Waals surface area contributed by atoms with Crippen LogP contribution in [0.3, 0.4) is 0 Å². The lowest BCUT2D eigenvalue weighted by atomic mass is 10.1. The molecule has 0 aromatic carbocycles. The quantitative estimate of drug-likeness (QED) is 0.713. The molecule has 1 aliphatic rings. The summed E-state index contributed by atoms with van der Waals surface area (Å²) in [6, 6.07) is 0. The number of aldehydes is 1. The first-order valence-corrected chi connectivity index (χ1v) is 5.84. The summed E-state index contributed by atoms with van der Waals surface area (Å²) in [6.07, 6.45) is 2.01. The molecular formula is C10H14N2OS. The minimum absolute atomic E-state index is 0.550. The number of likely N-dealkylation sites (tertiary alicyclic amines) is 1. The minimum atomic E-state index is 0.550. The third-order valence-corrected chi connectivity index (χ3v) is 3.75. The Labute approximate surface area is 87.8 Å². The zero-order chi connectivity index (χ0) is 9.97. The molecule has 0 saturated carbocycles. The number of likely N-dealkylation sites (N-methyl/N-ethyl adjacent to an activating group) is 1. The molecule has 1 atom stereocenters. The topological polar surface area (TPSA) is 33.2 Å². The van der Waals surface area contributed by atoms with E-state index in [4.69, 9.17) is 0 Å². The van der Waals surface area contributed by atoms with E-state index in [2.05, 4.69) is 16.8 Å². The number of aromatic nitrogens is 1. The Morgan fingerprint density at radius 2 is 2.64 bits per heavy atom. The van der Waals surface area contributed by atoms with Gasteiger partial charge >= 0.3 is 0 Å². The van der Waals surface area contributed by atoms with Gasteiger partial charge in [0.2, 0.25) is 0 Å². The van der Waals surface area contributed by atoms with Crippen LogP contribution in [0.15, 0.2) is 5.38 Å². The van der Waals surface area contributed by atoms with E-state index in [1.54, 1.807) is 11.3 Å². The van der Waals surface area contributed by atoms with Gasteiger partial charge < -0.3 is 4.90 Å². The Kier molecular flexibility index (Phi) is 2.93. The largest absolute Gasteiger partial charge is 0.303 e. The first-order chi connectivity index (χ1) is 6.83. The molecular weight excluding hydrogens is 196 g/mol. The van der Waals surface area contributed by atoms with Crippen LogP contribution in [0.1, 0.15) is 34.8 Å². The highest BCUT2D eigenvalue weighted by Crippen LogP contribution is 2.28. The van der Waals surface area contributed by atoms with Gasteiger partial charge in [0.1, 0.15) is 5.69 Å². The monoisotopic (exact) mass is 210 g/mol. The Morgan fingerprint density at radius 3 is 3.21 bits per heavy atom. The van der Waals surface area contributed by atoms with Crippen LogP contribution in [0.5, 0.6) is 0 Å². The van der Waals surface area contributed by atoms with E-state index in [-0.39, 0.29) is 0 Å². The second-order valence-electron chi connectivity index (χ2n) is 3.61. The third-order valence-electron chi connectivity index (χ3n) is 2.73. The fourth-order valence-electron chi connectivity index (χ4n) is 1.86. The van der Waals surface area contributed by atoms with Crippen molar-refractivity contribution in [3.63, 3.8) is 0 Å². The van der Waals surface area contributed by atoms with E-state index in [1.165, 1.54) is 6.42 Å². The molecule has 76 valence electrons. The molecule has 14 heavy (non-hydrogen) atoms. The van der Waals surface area contributed by atoms with Crippen molar-refractivity contribution < 1.29 is 4.79 Å². The molecule has 1 aromatic heterocycles. The Bertz CT molecular complexity index is 324. The van der Waals surface area contributed by atoms with E-state index in [0.717, 1.165) is 30.9 Å². The van der Waals surface area contributed by atoms with Crippen LogP contribution in [0.4, 0.5) is 0 Å². The number of nitrogens with zero attached hydrogens (tertiary/aromatic N) is 2. The molecule has 1 fully saturated rings. The van der Waals surface area contributed by atoms with Crippen molar-refractivity contribution >= 4 is 17.6 Å². The second-order valence-corrected chi connectivity index (χ2v) is 4.50. The zero-order valence-corrected chi connectivity index (χ0v) is 9.09. The van der Waals surface area contributed by atoms with Crippen molar-refractivity contribution in [2.45, 2.75) is 19.3 Å². The highest BCUT2D eigenvalue weighted by atomic mass is 32.1. The van der Waals surface area contributed by atoms with Crippen LogP contribution in [-0.2, 0) is 0 Å². The van der Waals surface area contributed by atoms with Gasteiger partial charge in [0, 0.05) is 17.8 Å². The predicted octanol–water partition coefficient (Wildman–Crippen LogP) is 1.76. The van der Waals surface area contributed by atoms with Gasteiger partial charge in [0.15, 0.2) is 6.29 Å². The number of carbonyl (C=O) groups excluding carboxylic acids is 1. The van der Waals surface area contributed by atoms with Gasteiger partial charge in [0.05, 0.1) is 5.01 Å². The Morgan fingerprint density at radius 1 is 1.79 bits per heavy atom. The summed E-state index contributed by atoms with van der Waals surface area (Å²) in [5, 5.41) is 2.97. The minimum Gasteiger partial charge on any atom is -0.303 e. The molecule has 3 nitrogen and oxygen atoms in total. The lowest BCUT2D eigenvalue weighted by molar-refractivity contribution is 0.111. The maximum Gasteiger partial charge on any atom is 0.169 e. The summed E-state index contributed by atoms with van der Waals surface area (Å²) < 4.78 is 0. The standard InChI is InChI=1S/C10H14N2OS/c1-2-12-4-3-8(5-12)10-11-9(6-13)7-14-10/h6-8H,2-5H2,1H3. The molecule has 2 heterocycles. The van der Waals surface area contributed by atoms with E-state index >= 15 is 0 Å². The van der Waals surface area contributed by atoms with Gasteiger partial charge in [-0.3, -0.25) is 4.79 Å². The van der Waals surface area contributed by atoms with Gasteiger partial charge in [-0.15, -0.1) is 11.3 Å². The fraction of sp³-hybridized carbons (Fsp3) is 0.600. The summed E-state index contributed by atoms with van der Waals surface area (Å²) in [5.74, 6) is 0.550. The normalized spacial score (nSPS) is 22.8. The van der Waals surface area contributed by atoms with Crippen LogP contribution >= 0.6 is 11.3 Å². The molecule has 0 amide bonds. The van der Waals surface area contributed by atoms with Crippen molar-refractivity contribution in [1.29, 1.82) is 0 Å². The summed E-state index contributed by atoms with van der Waals surface area (Å²) in [5.41, 5.74) is 0.583. The Hall–Kier alpha value is -0.740. The highest BCUT2D eigenvalue weighted by molar-refractivity contribution is 7.09. The SMILES string of the molecule is CCN1CCC(c2nc(C=O)cs2)C1. The Balaban J connectivity index is 2.05. The van der Waals surface area contributed by atoms with Crippen LogP contribution in [0.2, 0.25) is 0 Å². The van der Waals surface area contributed by atoms with Gasteiger partial charge in [-0.2, -0.15) is 0 Å². The molecule has 0 spiro atoms. The average Bonchev–Trinajstić information content (AvgIpc) is 2.86. The van der Waals surface area contributed by atoms with Crippen molar-refractivity contribution in [3.8, 4) is 0 Å². The second kappa shape index (κ2) is 4.19. The molecule has 2 rings (SSSR count). The summed E-state index contributed by atoms with van der Waals surface area (Å²) in [4.78, 5) is 17.2. The number of carbonyl (C=O) groups is 1. The van der Waals surface area contributed by atoms with Crippen LogP contribution in [-0.4, -0.2) is 35.8 Å². The fourth-order valence-corrected chi connectivity index (χ4v) is 2.76. The van der Waals surface area contributed by atoms with Gasteiger partial charge in [0.25, 0.3) is 0 Å². The molecule has 1 saturated heterocycles. The number of thiazole rings is 1. The third kappa shape index (κ3) is 1.86. The predicted molar refractivity (Wildman–Crippen MR) is 57.0 cm³/mol. The molecule has 4 heteroatoms. The first kappa shape index (κ1) is 9.80. The van der Waals surface area contributed by atoms with Crippen LogP contribution < -0.4 is 0 Å². The molecule has 1 aliphatic heterocycles. The number of hydrogen-bond donors (Lipinski definition) is 0. The molecule has 1 unspecified atom stereocenters. The van der Waals surface area contributed by atoms with Crippen molar-refractivity contribution in [1.82, 2.24) is 9.88 Å². The van der Waals surface area contributed by atoms with E-state index in [1.807, 2.05) is 5.38 Å². The smallest absolute Gasteiger partial charge is 0.169 e. The molecule has 1 aromatic rings. The lowest BCUT2D eigenvalue weighted by Gasteiger charge is -2.11. The molecule has 0 bridgehead atoms. The first-order valence-electron chi connectivity index (χ1n) is 4.96. The lowest BCUT2D eigenvalue weighted by Crippen LogP contribution is -2.19. The van der Waals surface area contributed by atoms with Gasteiger partial charge in [-0.05, 0) is 19.5 Å². The summed E-state index contributed by atoms with van der Waals surface area (Å²) in [6.45, 7) is 5.56. The van der Waals surface area contributed by atoms with Gasteiger partial charge in [-0.1, -0.05) is 6.92 Å². The van der Waals surface area contributed by atoms with Crippen molar-refractivity contribution in [2.75, 3.05) is 19.6 Å². The van der Waals surface area contributed by atoms with Crippen molar-refractivity contribution in [3.05, 3.63) is 16.1 Å². The summed E-state index contributed by atoms with van der Waals surface area (Å²) in [7, 11) is 0. The number of hydrogen-bond acceptors (Lipinski definition) is 4. The van der Waals surface area contributed by atoms with Crippen LogP contribution in [0.25, 0.3) is 0 Å². The zero-order valence-electron chi connectivity index (χ0n) is 8.27. The summed E-state index contributed by atoms with van der Waals surface area (Å²) >= 11 is 1.61. The van der Waals surface area contributed by atoms with Crippen LogP contribution in [0, 0.1) is 0 Å². The van der Waals surface area contributed by atoms with E-state index in [0.29, 0.717) is 11.6 Å². The maximum absolute atomic E-state index is 10.5. The molecule has 0 N–H and O–H groups in total. The van der Waals surface area contributed by atoms with E-state index in [9.17, 15) is 4.79 Å². The van der Waals surface area contributed by atoms with Gasteiger partial charge in [-0.25, -0.2) is 4.98 Å².